The Morgan fingerprint density at radius 1 is 1.05 bits per heavy atom. The fourth-order valence-corrected chi connectivity index (χ4v) is 2.25. The van der Waals surface area contributed by atoms with Gasteiger partial charge in [-0.2, -0.15) is 0 Å². The zero-order valence-corrected chi connectivity index (χ0v) is 11.4. The van der Waals surface area contributed by atoms with Gasteiger partial charge in [0.25, 0.3) is 0 Å². The molecule has 0 spiro atoms. The van der Waals surface area contributed by atoms with Crippen molar-refractivity contribution in [3.63, 3.8) is 0 Å². The number of hydrogen-bond donors (Lipinski definition) is 0. The Labute approximate surface area is 117 Å². The molecule has 0 N–H and O–H groups in total. The van der Waals surface area contributed by atoms with Crippen molar-refractivity contribution in [1.82, 2.24) is 4.98 Å². The smallest absolute Gasteiger partial charge is 0.202 e. The number of aryl methyl sites for hydroxylation is 1. The Kier molecular flexibility index (Phi) is 3.18. The van der Waals surface area contributed by atoms with Crippen LogP contribution in [0, 0.1) is 0 Å². The molecule has 3 rings (SSSR count). The van der Waals surface area contributed by atoms with Crippen molar-refractivity contribution in [3.8, 4) is 11.3 Å². The molecule has 0 atom stereocenters. The third kappa shape index (κ3) is 2.45. The van der Waals surface area contributed by atoms with E-state index in [4.69, 9.17) is 11.6 Å². The Balaban J connectivity index is 2.06. The van der Waals surface area contributed by atoms with Gasteiger partial charge >= 0.3 is 5.65 Å². The SMILES string of the molecule is CCc1ccc(-c2cc[n+]3cc(Cl)ccc3n2)cc1. The lowest BCUT2D eigenvalue weighted by molar-refractivity contribution is -0.514. The van der Waals surface area contributed by atoms with Crippen molar-refractivity contribution >= 4 is 17.2 Å². The molecule has 0 amide bonds. The maximum atomic E-state index is 5.96. The van der Waals surface area contributed by atoms with Crippen molar-refractivity contribution < 1.29 is 4.40 Å². The van der Waals surface area contributed by atoms with Crippen LogP contribution in [0.2, 0.25) is 5.02 Å². The second kappa shape index (κ2) is 4.98. The van der Waals surface area contributed by atoms with Gasteiger partial charge in [0.2, 0.25) is 0 Å². The molecule has 94 valence electrons. The first-order valence-electron chi connectivity index (χ1n) is 6.33. The van der Waals surface area contributed by atoms with Crippen LogP contribution in [0.3, 0.4) is 0 Å². The second-order valence-corrected chi connectivity index (χ2v) is 4.91. The largest absolute Gasteiger partial charge is 0.328 e. The van der Waals surface area contributed by atoms with Crippen LogP contribution in [0.1, 0.15) is 12.5 Å². The van der Waals surface area contributed by atoms with Crippen LogP contribution in [0.4, 0.5) is 0 Å². The Hall–Kier alpha value is -1.93. The molecule has 2 heterocycles. The van der Waals surface area contributed by atoms with E-state index >= 15 is 0 Å². The third-order valence-electron chi connectivity index (χ3n) is 3.20. The summed E-state index contributed by atoms with van der Waals surface area (Å²) < 4.78 is 1.92. The second-order valence-electron chi connectivity index (χ2n) is 4.48. The van der Waals surface area contributed by atoms with Gasteiger partial charge in [-0.05, 0) is 23.0 Å². The molecule has 2 aromatic heterocycles. The molecule has 3 heteroatoms. The topological polar surface area (TPSA) is 17.0 Å². The highest BCUT2D eigenvalue weighted by Crippen LogP contribution is 2.17. The Morgan fingerprint density at radius 2 is 1.84 bits per heavy atom. The number of aromatic nitrogens is 2. The molecule has 0 aliphatic carbocycles. The van der Waals surface area contributed by atoms with E-state index in [1.165, 1.54) is 5.56 Å². The average Bonchev–Trinajstić information content (AvgIpc) is 2.47. The van der Waals surface area contributed by atoms with Crippen LogP contribution in [0.25, 0.3) is 16.9 Å². The molecule has 0 unspecified atom stereocenters. The van der Waals surface area contributed by atoms with Gasteiger partial charge in [-0.1, -0.05) is 42.8 Å². The molecule has 0 fully saturated rings. The van der Waals surface area contributed by atoms with E-state index in [-0.39, 0.29) is 0 Å². The van der Waals surface area contributed by atoms with E-state index in [1.807, 2.05) is 35.0 Å². The summed E-state index contributed by atoms with van der Waals surface area (Å²) in [6.07, 6.45) is 4.89. The minimum Gasteiger partial charge on any atom is -0.202 e. The summed E-state index contributed by atoms with van der Waals surface area (Å²) in [7, 11) is 0. The number of benzene rings is 1. The molecule has 0 bridgehead atoms. The van der Waals surface area contributed by atoms with Gasteiger partial charge in [0, 0.05) is 17.7 Å². The molecule has 0 aliphatic rings. The van der Waals surface area contributed by atoms with Gasteiger partial charge in [-0.25, -0.2) is 4.40 Å². The monoisotopic (exact) mass is 269 g/mol. The number of halogens is 1. The minimum atomic E-state index is 0.708. The van der Waals surface area contributed by atoms with Crippen molar-refractivity contribution in [1.29, 1.82) is 0 Å². The van der Waals surface area contributed by atoms with E-state index in [0.29, 0.717) is 5.02 Å². The van der Waals surface area contributed by atoms with Crippen LogP contribution in [-0.4, -0.2) is 4.98 Å². The summed E-state index contributed by atoms with van der Waals surface area (Å²) in [5.41, 5.74) is 4.34. The fraction of sp³-hybridized carbons (Fsp3) is 0.125. The molecule has 3 aromatic rings. The summed E-state index contributed by atoms with van der Waals surface area (Å²) in [4.78, 5) is 4.65. The predicted molar refractivity (Wildman–Crippen MR) is 77.2 cm³/mol. The van der Waals surface area contributed by atoms with E-state index < -0.39 is 0 Å². The maximum Gasteiger partial charge on any atom is 0.328 e. The molecule has 2 nitrogen and oxygen atoms in total. The standard InChI is InChI=1S/C16H14ClN2/c1-2-12-3-5-13(6-4-12)15-9-10-19-11-14(17)7-8-16(19)18-15/h3-11H,2H2,1H3/q+1. The zero-order valence-electron chi connectivity index (χ0n) is 10.7. The lowest BCUT2D eigenvalue weighted by atomic mass is 10.1. The average molecular weight is 270 g/mol. The predicted octanol–water partition coefficient (Wildman–Crippen LogP) is 3.70. The Bertz CT molecular complexity index is 720. The first-order chi connectivity index (χ1) is 9.26. The highest BCUT2D eigenvalue weighted by molar-refractivity contribution is 6.30. The molecular weight excluding hydrogens is 256 g/mol. The van der Waals surface area contributed by atoms with Crippen LogP contribution in [0.15, 0.2) is 54.9 Å². The number of pyridine rings is 1. The highest BCUT2D eigenvalue weighted by atomic mass is 35.5. The first kappa shape index (κ1) is 12.1. The van der Waals surface area contributed by atoms with Crippen molar-refractivity contribution in [2.45, 2.75) is 13.3 Å². The van der Waals surface area contributed by atoms with Crippen LogP contribution >= 0.6 is 11.6 Å². The molecule has 0 saturated carbocycles. The van der Waals surface area contributed by atoms with Crippen LogP contribution in [0.5, 0.6) is 0 Å². The first-order valence-corrected chi connectivity index (χ1v) is 6.71. The number of hydrogen-bond acceptors (Lipinski definition) is 1. The van der Waals surface area contributed by atoms with Crippen LogP contribution < -0.4 is 4.40 Å². The number of fused-ring (bicyclic) bond motifs is 1. The lowest BCUT2D eigenvalue weighted by Crippen LogP contribution is -2.21. The minimum absolute atomic E-state index is 0.708. The van der Waals surface area contributed by atoms with Gasteiger partial charge in [0.1, 0.15) is 12.4 Å². The van der Waals surface area contributed by atoms with E-state index in [1.54, 1.807) is 0 Å². The third-order valence-corrected chi connectivity index (χ3v) is 3.43. The summed E-state index contributed by atoms with van der Waals surface area (Å²) in [6.45, 7) is 2.16. The van der Waals surface area contributed by atoms with Crippen molar-refractivity contribution in [3.05, 3.63) is 65.4 Å². The summed E-state index contributed by atoms with van der Waals surface area (Å²) in [6, 6.07) is 14.3. The van der Waals surface area contributed by atoms with Gasteiger partial charge in [0.15, 0.2) is 5.69 Å². The molecule has 0 radical (unpaired) electrons. The van der Waals surface area contributed by atoms with Gasteiger partial charge in [-0.15, -0.1) is 0 Å². The van der Waals surface area contributed by atoms with Crippen molar-refractivity contribution in [2.24, 2.45) is 0 Å². The summed E-state index contributed by atoms with van der Waals surface area (Å²) in [5.74, 6) is 0. The van der Waals surface area contributed by atoms with E-state index in [9.17, 15) is 0 Å². The number of rotatable bonds is 2. The lowest BCUT2D eigenvalue weighted by Gasteiger charge is -1.99. The molecule has 0 saturated heterocycles. The van der Waals surface area contributed by atoms with E-state index in [2.05, 4.69) is 36.2 Å². The van der Waals surface area contributed by atoms with Crippen molar-refractivity contribution in [2.75, 3.05) is 0 Å². The van der Waals surface area contributed by atoms with Gasteiger partial charge in [0.05, 0.1) is 5.02 Å². The summed E-state index contributed by atoms with van der Waals surface area (Å²) >= 11 is 5.96. The quantitative estimate of drug-likeness (QED) is 0.648. The highest BCUT2D eigenvalue weighted by Gasteiger charge is 2.09. The Morgan fingerprint density at radius 3 is 2.58 bits per heavy atom. The van der Waals surface area contributed by atoms with Crippen LogP contribution in [-0.2, 0) is 6.42 Å². The molecular formula is C16H14ClN2+. The molecule has 19 heavy (non-hydrogen) atoms. The fourth-order valence-electron chi connectivity index (χ4n) is 2.08. The van der Waals surface area contributed by atoms with E-state index in [0.717, 1.165) is 23.3 Å². The summed E-state index contributed by atoms with van der Waals surface area (Å²) in [5, 5.41) is 0.708. The normalized spacial score (nSPS) is 10.8. The van der Waals surface area contributed by atoms with Gasteiger partial charge < -0.3 is 0 Å². The van der Waals surface area contributed by atoms with Gasteiger partial charge in [-0.3, -0.25) is 0 Å². The zero-order chi connectivity index (χ0) is 13.2. The molecule has 0 aliphatic heterocycles. The molecule has 1 aromatic carbocycles. The number of nitrogens with zero attached hydrogens (tertiary/aromatic N) is 2. The maximum absolute atomic E-state index is 5.96.